The van der Waals surface area contributed by atoms with Crippen LogP contribution in [0.5, 0.6) is 0 Å². The molecule has 0 unspecified atom stereocenters. The molecule has 0 amide bonds. The van der Waals surface area contributed by atoms with Crippen molar-refractivity contribution in [2.45, 2.75) is 22.7 Å². The van der Waals surface area contributed by atoms with E-state index in [1.54, 1.807) is 0 Å². The number of benzene rings is 1. The molecular weight excluding hydrogens is 247 g/mol. The van der Waals surface area contributed by atoms with Crippen LogP contribution in [0.2, 0.25) is 0 Å². The summed E-state index contributed by atoms with van der Waals surface area (Å²) in [5.74, 6) is -0.538. The van der Waals surface area contributed by atoms with Gasteiger partial charge in [-0.3, -0.25) is 0 Å². The smallest absolute Gasteiger partial charge is 0.337 e. The number of rotatable bonds is 3. The molecule has 2 atom stereocenters. The summed E-state index contributed by atoms with van der Waals surface area (Å²) >= 11 is 0. The second-order valence-corrected chi connectivity index (χ2v) is 6.02. The first-order chi connectivity index (χ1) is 7.96. The Kier molecular flexibility index (Phi) is 2.91. The maximum Gasteiger partial charge on any atom is 0.337 e. The molecule has 1 aliphatic carbocycles. The van der Waals surface area contributed by atoms with Crippen LogP contribution in [-0.4, -0.2) is 32.9 Å². The second-order valence-electron chi connectivity index (χ2n) is 3.85. The molecule has 0 heterocycles. The van der Waals surface area contributed by atoms with Gasteiger partial charge in [-0.15, -0.1) is 0 Å². The van der Waals surface area contributed by atoms with Crippen LogP contribution in [0.3, 0.4) is 0 Å². The third-order valence-electron chi connectivity index (χ3n) is 2.66. The summed E-state index contributed by atoms with van der Waals surface area (Å²) in [7, 11) is -2.35. The fourth-order valence-corrected chi connectivity index (χ4v) is 3.23. The highest BCUT2D eigenvalue weighted by Gasteiger charge is 2.48. The zero-order chi connectivity index (χ0) is 12.6. The van der Waals surface area contributed by atoms with Gasteiger partial charge in [0.15, 0.2) is 9.84 Å². The van der Waals surface area contributed by atoms with Gasteiger partial charge in [-0.05, 0) is 30.7 Å². The van der Waals surface area contributed by atoms with E-state index in [9.17, 15) is 17.6 Å². The molecule has 4 nitrogen and oxygen atoms in total. The lowest BCUT2D eigenvalue weighted by Gasteiger charge is -2.03. The van der Waals surface area contributed by atoms with Crippen molar-refractivity contribution in [2.75, 3.05) is 7.11 Å². The minimum absolute atomic E-state index is 0.0373. The van der Waals surface area contributed by atoms with E-state index in [4.69, 9.17) is 0 Å². The van der Waals surface area contributed by atoms with Crippen molar-refractivity contribution in [1.29, 1.82) is 0 Å². The lowest BCUT2D eigenvalue weighted by Crippen LogP contribution is -2.10. The van der Waals surface area contributed by atoms with Gasteiger partial charge < -0.3 is 4.74 Å². The summed E-state index contributed by atoms with van der Waals surface area (Å²) in [6, 6.07) is 5.31. The molecule has 1 saturated carbocycles. The number of ether oxygens (including phenoxy) is 1. The van der Waals surface area contributed by atoms with Gasteiger partial charge in [-0.2, -0.15) is 0 Å². The first kappa shape index (κ1) is 12.0. The normalized spacial score (nSPS) is 23.2. The van der Waals surface area contributed by atoms with Crippen LogP contribution in [0.25, 0.3) is 0 Å². The summed E-state index contributed by atoms with van der Waals surface area (Å²) in [5, 5.41) is -0.925. The second kappa shape index (κ2) is 4.10. The molecule has 0 spiro atoms. The van der Waals surface area contributed by atoms with E-state index >= 15 is 0 Å². The molecule has 1 aromatic rings. The molecule has 17 heavy (non-hydrogen) atoms. The molecule has 2 rings (SSSR count). The Hall–Kier alpha value is -1.43. The standard InChI is InChI=1S/C11H11FO4S/c1-16-11(13)7-2-4-8(5-3-7)17(14,15)10-6-9(10)12/h2-5,9-10H,6H2,1H3/t9-,10+/m0/s1. The average Bonchev–Trinajstić information content (AvgIpc) is 3.06. The first-order valence-electron chi connectivity index (χ1n) is 5.03. The molecule has 1 fully saturated rings. The summed E-state index contributed by atoms with van der Waals surface area (Å²) in [5.41, 5.74) is 0.263. The molecule has 92 valence electrons. The molecule has 6 heteroatoms. The van der Waals surface area contributed by atoms with Crippen LogP contribution < -0.4 is 0 Å². The fraction of sp³-hybridized carbons (Fsp3) is 0.364. The van der Waals surface area contributed by atoms with E-state index in [1.807, 2.05) is 0 Å². The highest BCUT2D eigenvalue weighted by Crippen LogP contribution is 2.36. The van der Waals surface area contributed by atoms with E-state index in [-0.39, 0.29) is 16.9 Å². The number of methoxy groups -OCH3 is 1. The summed E-state index contributed by atoms with van der Waals surface area (Å²) in [6.07, 6.45) is -1.21. The largest absolute Gasteiger partial charge is 0.465 e. The van der Waals surface area contributed by atoms with Gasteiger partial charge in [0, 0.05) is 0 Å². The Bertz CT molecular complexity index is 535. The number of halogens is 1. The maximum atomic E-state index is 12.8. The Balaban J connectivity index is 2.27. The number of esters is 1. The minimum atomic E-state index is -3.59. The highest BCUT2D eigenvalue weighted by atomic mass is 32.2. The Labute approximate surface area is 98.3 Å². The topological polar surface area (TPSA) is 60.4 Å². The number of alkyl halides is 1. The zero-order valence-corrected chi connectivity index (χ0v) is 9.91. The van der Waals surface area contributed by atoms with Crippen LogP contribution in [0.4, 0.5) is 4.39 Å². The zero-order valence-electron chi connectivity index (χ0n) is 9.09. The van der Waals surface area contributed by atoms with Crippen molar-refractivity contribution in [3.05, 3.63) is 29.8 Å². The third-order valence-corrected chi connectivity index (χ3v) is 4.87. The Morgan fingerprint density at radius 1 is 1.35 bits per heavy atom. The average molecular weight is 258 g/mol. The van der Waals surface area contributed by atoms with Gasteiger partial charge in [-0.1, -0.05) is 0 Å². The van der Waals surface area contributed by atoms with Crippen LogP contribution in [0.1, 0.15) is 16.8 Å². The fourth-order valence-electron chi connectivity index (χ4n) is 1.54. The van der Waals surface area contributed by atoms with Gasteiger partial charge in [0.05, 0.1) is 22.8 Å². The van der Waals surface area contributed by atoms with Gasteiger partial charge >= 0.3 is 5.97 Å². The SMILES string of the molecule is COC(=O)c1ccc(S(=O)(=O)[C@@H]2C[C@@H]2F)cc1. The predicted octanol–water partition coefficient (Wildman–Crippen LogP) is 1.36. The Morgan fingerprint density at radius 3 is 2.29 bits per heavy atom. The molecule has 0 saturated heterocycles. The van der Waals surface area contributed by atoms with E-state index in [1.165, 1.54) is 31.4 Å². The van der Waals surface area contributed by atoms with Gasteiger partial charge in [-0.25, -0.2) is 17.6 Å². The monoisotopic (exact) mass is 258 g/mol. The van der Waals surface area contributed by atoms with Gasteiger partial charge in [0.2, 0.25) is 0 Å². The van der Waals surface area contributed by atoms with E-state index in [0.29, 0.717) is 0 Å². The number of carbonyl (C=O) groups is 1. The van der Waals surface area contributed by atoms with Crippen LogP contribution in [0.15, 0.2) is 29.2 Å². The van der Waals surface area contributed by atoms with Gasteiger partial charge in [0.1, 0.15) is 6.17 Å². The summed E-state index contributed by atoms with van der Waals surface area (Å²) < 4.78 is 40.9. The lowest BCUT2D eigenvalue weighted by molar-refractivity contribution is 0.0600. The highest BCUT2D eigenvalue weighted by molar-refractivity contribution is 7.92. The molecular formula is C11H11FO4S. The molecule has 0 radical (unpaired) electrons. The van der Waals surface area contributed by atoms with Crippen molar-refractivity contribution in [2.24, 2.45) is 0 Å². The number of hydrogen-bond donors (Lipinski definition) is 0. The first-order valence-corrected chi connectivity index (χ1v) is 6.58. The van der Waals surface area contributed by atoms with Crippen LogP contribution in [0, 0.1) is 0 Å². The van der Waals surface area contributed by atoms with E-state index in [0.717, 1.165) is 0 Å². The summed E-state index contributed by atoms with van der Waals surface area (Å²) in [6.45, 7) is 0. The van der Waals surface area contributed by atoms with Crippen LogP contribution >= 0.6 is 0 Å². The number of carbonyl (C=O) groups excluding carboxylic acids is 1. The van der Waals surface area contributed by atoms with Crippen molar-refractivity contribution >= 4 is 15.8 Å². The number of hydrogen-bond acceptors (Lipinski definition) is 4. The molecule has 1 aromatic carbocycles. The van der Waals surface area contributed by atoms with Crippen molar-refractivity contribution in [3.8, 4) is 0 Å². The van der Waals surface area contributed by atoms with Crippen molar-refractivity contribution in [3.63, 3.8) is 0 Å². The van der Waals surface area contributed by atoms with E-state index < -0.39 is 27.2 Å². The van der Waals surface area contributed by atoms with Crippen molar-refractivity contribution < 1.29 is 22.3 Å². The Morgan fingerprint density at radius 2 is 1.88 bits per heavy atom. The quantitative estimate of drug-likeness (QED) is 0.768. The third kappa shape index (κ3) is 2.17. The number of sulfone groups is 1. The summed E-state index contributed by atoms with van der Waals surface area (Å²) in [4.78, 5) is 11.2. The maximum absolute atomic E-state index is 12.8. The molecule has 0 aromatic heterocycles. The molecule has 1 aliphatic rings. The minimum Gasteiger partial charge on any atom is -0.465 e. The lowest BCUT2D eigenvalue weighted by atomic mass is 10.2. The van der Waals surface area contributed by atoms with Crippen molar-refractivity contribution in [1.82, 2.24) is 0 Å². The van der Waals surface area contributed by atoms with Gasteiger partial charge in [0.25, 0.3) is 0 Å². The molecule has 0 N–H and O–H groups in total. The molecule has 0 aliphatic heterocycles. The van der Waals surface area contributed by atoms with E-state index in [2.05, 4.69) is 4.74 Å². The predicted molar refractivity (Wildman–Crippen MR) is 58.3 cm³/mol. The van der Waals surface area contributed by atoms with Crippen LogP contribution in [-0.2, 0) is 14.6 Å². The molecule has 0 bridgehead atoms.